The number of amides is 1. The van der Waals surface area contributed by atoms with Crippen molar-refractivity contribution in [2.45, 2.75) is 52.6 Å². The number of aromatic nitrogens is 2. The highest BCUT2D eigenvalue weighted by atomic mass is 16.4. The van der Waals surface area contributed by atoms with Crippen LogP contribution in [0.5, 0.6) is 0 Å². The topological polar surface area (TPSA) is 84.2 Å². The van der Waals surface area contributed by atoms with Gasteiger partial charge in [0.05, 0.1) is 5.69 Å². The Morgan fingerprint density at radius 3 is 2.47 bits per heavy atom. The van der Waals surface area contributed by atoms with Crippen LogP contribution >= 0.6 is 0 Å². The SMILES string of the molecule is CC[C@H](NC(=O)c1cc(C(C)C)nn1CC)C(=O)O. The minimum Gasteiger partial charge on any atom is -0.480 e. The van der Waals surface area contributed by atoms with Crippen molar-refractivity contribution in [3.63, 3.8) is 0 Å². The molecule has 1 aromatic heterocycles. The zero-order valence-electron chi connectivity index (χ0n) is 11.8. The van der Waals surface area contributed by atoms with E-state index in [2.05, 4.69) is 10.4 Å². The highest BCUT2D eigenvalue weighted by Crippen LogP contribution is 2.14. The summed E-state index contributed by atoms with van der Waals surface area (Å²) in [5.74, 6) is -1.20. The van der Waals surface area contributed by atoms with Crippen LogP contribution in [0.25, 0.3) is 0 Å². The first-order valence-corrected chi connectivity index (χ1v) is 6.52. The van der Waals surface area contributed by atoms with Gasteiger partial charge in [0.15, 0.2) is 0 Å². The Hall–Kier alpha value is -1.85. The third kappa shape index (κ3) is 3.56. The average molecular weight is 267 g/mol. The van der Waals surface area contributed by atoms with Crippen molar-refractivity contribution in [3.8, 4) is 0 Å². The van der Waals surface area contributed by atoms with Gasteiger partial charge in [-0.05, 0) is 25.3 Å². The summed E-state index contributed by atoms with van der Waals surface area (Å²) in [5.41, 5.74) is 1.24. The Labute approximate surface area is 112 Å². The second-order valence-electron chi connectivity index (χ2n) is 4.70. The summed E-state index contributed by atoms with van der Waals surface area (Å²) in [7, 11) is 0. The largest absolute Gasteiger partial charge is 0.480 e. The Bertz CT molecular complexity index is 466. The van der Waals surface area contributed by atoms with Gasteiger partial charge in [0.1, 0.15) is 11.7 Å². The Morgan fingerprint density at radius 1 is 1.42 bits per heavy atom. The number of aliphatic carboxylic acids is 1. The van der Waals surface area contributed by atoms with Crippen molar-refractivity contribution >= 4 is 11.9 Å². The van der Waals surface area contributed by atoms with Crippen molar-refractivity contribution in [1.29, 1.82) is 0 Å². The zero-order chi connectivity index (χ0) is 14.6. The van der Waals surface area contributed by atoms with Gasteiger partial charge in [-0.1, -0.05) is 20.8 Å². The lowest BCUT2D eigenvalue weighted by atomic mass is 10.1. The van der Waals surface area contributed by atoms with E-state index >= 15 is 0 Å². The van der Waals surface area contributed by atoms with Crippen LogP contribution in [0.2, 0.25) is 0 Å². The van der Waals surface area contributed by atoms with Crippen LogP contribution < -0.4 is 5.32 Å². The van der Waals surface area contributed by atoms with Gasteiger partial charge in [0.2, 0.25) is 0 Å². The Kier molecular flexibility index (Phi) is 5.09. The number of carboxylic acid groups (broad SMARTS) is 1. The van der Waals surface area contributed by atoms with Crippen molar-refractivity contribution in [3.05, 3.63) is 17.5 Å². The molecular formula is C13H21N3O3. The Morgan fingerprint density at radius 2 is 2.05 bits per heavy atom. The standard InChI is InChI=1S/C13H21N3O3/c1-5-9(13(18)19)14-12(17)11-7-10(8(3)4)15-16(11)6-2/h7-9H,5-6H2,1-4H3,(H,14,17)(H,18,19)/t9-/m0/s1. The van der Waals surface area contributed by atoms with E-state index in [4.69, 9.17) is 5.11 Å². The number of nitrogens with one attached hydrogen (secondary N) is 1. The van der Waals surface area contributed by atoms with Crippen molar-refractivity contribution in [2.24, 2.45) is 0 Å². The zero-order valence-corrected chi connectivity index (χ0v) is 11.8. The van der Waals surface area contributed by atoms with Crippen LogP contribution in [0.3, 0.4) is 0 Å². The maximum Gasteiger partial charge on any atom is 0.326 e. The minimum absolute atomic E-state index is 0.223. The minimum atomic E-state index is -1.03. The molecule has 19 heavy (non-hydrogen) atoms. The molecule has 0 saturated carbocycles. The monoisotopic (exact) mass is 267 g/mol. The maximum absolute atomic E-state index is 12.1. The molecule has 0 aliphatic rings. The average Bonchev–Trinajstić information content (AvgIpc) is 2.79. The molecule has 0 aliphatic heterocycles. The van der Waals surface area contributed by atoms with E-state index in [0.29, 0.717) is 18.7 Å². The van der Waals surface area contributed by atoms with E-state index < -0.39 is 17.9 Å². The molecule has 0 spiro atoms. The van der Waals surface area contributed by atoms with Crippen molar-refractivity contribution < 1.29 is 14.7 Å². The highest BCUT2D eigenvalue weighted by molar-refractivity contribution is 5.95. The fourth-order valence-corrected chi connectivity index (χ4v) is 1.71. The molecule has 0 radical (unpaired) electrons. The second-order valence-corrected chi connectivity index (χ2v) is 4.70. The summed E-state index contributed by atoms with van der Waals surface area (Å²) in [6.45, 7) is 8.17. The molecule has 1 heterocycles. The number of hydrogen-bond donors (Lipinski definition) is 2. The van der Waals surface area contributed by atoms with Gasteiger partial charge in [-0.25, -0.2) is 4.79 Å². The third-order valence-electron chi connectivity index (χ3n) is 2.93. The smallest absolute Gasteiger partial charge is 0.326 e. The summed E-state index contributed by atoms with van der Waals surface area (Å²) in [6.07, 6.45) is 0.346. The van der Waals surface area contributed by atoms with Crippen LogP contribution in [-0.2, 0) is 11.3 Å². The van der Waals surface area contributed by atoms with E-state index in [-0.39, 0.29) is 5.92 Å². The van der Waals surface area contributed by atoms with Crippen molar-refractivity contribution in [1.82, 2.24) is 15.1 Å². The third-order valence-corrected chi connectivity index (χ3v) is 2.93. The van der Waals surface area contributed by atoms with E-state index in [9.17, 15) is 9.59 Å². The number of carbonyl (C=O) groups is 2. The molecule has 0 fully saturated rings. The summed E-state index contributed by atoms with van der Waals surface area (Å²) < 4.78 is 1.60. The van der Waals surface area contributed by atoms with Crippen LogP contribution in [-0.4, -0.2) is 32.8 Å². The fraction of sp³-hybridized carbons (Fsp3) is 0.615. The molecule has 6 heteroatoms. The highest BCUT2D eigenvalue weighted by Gasteiger charge is 2.22. The summed E-state index contributed by atoms with van der Waals surface area (Å²) in [5, 5.41) is 15.8. The van der Waals surface area contributed by atoms with Crippen LogP contribution in [0, 0.1) is 0 Å². The molecule has 1 aromatic rings. The molecule has 0 bridgehead atoms. The number of carbonyl (C=O) groups excluding carboxylic acids is 1. The number of nitrogens with zero attached hydrogens (tertiary/aromatic N) is 2. The van der Waals surface area contributed by atoms with E-state index in [1.165, 1.54) is 0 Å². The van der Waals surface area contributed by atoms with E-state index in [1.807, 2.05) is 20.8 Å². The van der Waals surface area contributed by atoms with Crippen LogP contribution in [0.4, 0.5) is 0 Å². The number of rotatable bonds is 6. The van der Waals surface area contributed by atoms with E-state index in [1.54, 1.807) is 17.7 Å². The first-order valence-electron chi connectivity index (χ1n) is 6.52. The summed E-state index contributed by atoms with van der Waals surface area (Å²) in [4.78, 5) is 23.0. The van der Waals surface area contributed by atoms with Gasteiger partial charge in [0, 0.05) is 6.54 Å². The predicted octanol–water partition coefficient (Wildman–Crippen LogP) is 1.62. The molecule has 0 aliphatic carbocycles. The Balaban J connectivity index is 2.95. The quantitative estimate of drug-likeness (QED) is 0.820. The van der Waals surface area contributed by atoms with Gasteiger partial charge in [0.25, 0.3) is 5.91 Å². The molecule has 6 nitrogen and oxygen atoms in total. The molecular weight excluding hydrogens is 246 g/mol. The van der Waals surface area contributed by atoms with Gasteiger partial charge >= 0.3 is 5.97 Å². The normalized spacial score (nSPS) is 12.5. The molecule has 2 N–H and O–H groups in total. The van der Waals surface area contributed by atoms with Crippen LogP contribution in [0.15, 0.2) is 6.07 Å². The summed E-state index contributed by atoms with van der Waals surface area (Å²) in [6, 6.07) is 0.855. The molecule has 1 amide bonds. The lowest BCUT2D eigenvalue weighted by molar-refractivity contribution is -0.139. The van der Waals surface area contributed by atoms with Gasteiger partial charge in [-0.3, -0.25) is 9.48 Å². The van der Waals surface area contributed by atoms with Crippen molar-refractivity contribution in [2.75, 3.05) is 0 Å². The molecule has 0 aromatic carbocycles. The van der Waals surface area contributed by atoms with E-state index in [0.717, 1.165) is 5.69 Å². The number of aryl methyl sites for hydroxylation is 1. The number of hydrogen-bond acceptors (Lipinski definition) is 3. The molecule has 106 valence electrons. The maximum atomic E-state index is 12.1. The second kappa shape index (κ2) is 6.36. The van der Waals surface area contributed by atoms with Gasteiger partial charge in [-0.2, -0.15) is 5.10 Å². The first-order chi connectivity index (χ1) is 8.90. The lowest BCUT2D eigenvalue weighted by Gasteiger charge is -2.12. The van der Waals surface area contributed by atoms with Gasteiger partial charge < -0.3 is 10.4 Å². The molecule has 0 unspecified atom stereocenters. The number of carboxylic acids is 1. The molecule has 1 atom stereocenters. The summed E-state index contributed by atoms with van der Waals surface area (Å²) >= 11 is 0. The molecule has 1 rings (SSSR count). The lowest BCUT2D eigenvalue weighted by Crippen LogP contribution is -2.41. The van der Waals surface area contributed by atoms with Gasteiger partial charge in [-0.15, -0.1) is 0 Å². The molecule has 0 saturated heterocycles. The van der Waals surface area contributed by atoms with Crippen LogP contribution in [0.1, 0.15) is 56.2 Å². The predicted molar refractivity (Wildman–Crippen MR) is 71.2 cm³/mol. The fourth-order valence-electron chi connectivity index (χ4n) is 1.71. The first kappa shape index (κ1) is 15.2.